The number of aryl methyl sites for hydroxylation is 1. The van der Waals surface area contributed by atoms with Gasteiger partial charge in [0.25, 0.3) is 0 Å². The summed E-state index contributed by atoms with van der Waals surface area (Å²) < 4.78 is 1.07. The second-order valence-electron chi connectivity index (χ2n) is 5.18. The number of nitrogens with zero attached hydrogens (tertiary/aromatic N) is 1. The van der Waals surface area contributed by atoms with Gasteiger partial charge in [0.1, 0.15) is 0 Å². The zero-order valence-corrected chi connectivity index (χ0v) is 15.6. The highest BCUT2D eigenvalue weighted by Crippen LogP contribution is 2.21. The Labute approximate surface area is 149 Å². The van der Waals surface area contributed by atoms with Gasteiger partial charge in [-0.25, -0.2) is 5.43 Å². The van der Waals surface area contributed by atoms with Gasteiger partial charge in [0.05, 0.1) is 11.5 Å². The summed E-state index contributed by atoms with van der Waals surface area (Å²) in [6.45, 7) is 3.93. The Morgan fingerprint density at radius 1 is 1.17 bits per heavy atom. The molecule has 5 heteroatoms. The average Bonchev–Trinajstić information content (AvgIpc) is 2.55. The SMILES string of the molecule is C/C(=N\NC(=O)CSCc1ccccc1Br)c1ccc(C)cc1. The summed E-state index contributed by atoms with van der Waals surface area (Å²) in [5.41, 5.74) is 6.81. The molecule has 0 unspecified atom stereocenters. The van der Waals surface area contributed by atoms with Gasteiger partial charge in [-0.1, -0.05) is 64.0 Å². The third kappa shape index (κ3) is 5.84. The van der Waals surface area contributed by atoms with E-state index in [1.807, 2.05) is 56.3 Å². The van der Waals surface area contributed by atoms with E-state index in [9.17, 15) is 4.79 Å². The standard InChI is InChI=1S/C18H19BrN2OS/c1-13-7-9-15(10-8-13)14(2)20-21-18(22)12-23-11-16-5-3-4-6-17(16)19/h3-10H,11-12H2,1-2H3,(H,21,22)/b20-14+. The van der Waals surface area contributed by atoms with Crippen molar-refractivity contribution in [2.75, 3.05) is 5.75 Å². The zero-order chi connectivity index (χ0) is 16.7. The van der Waals surface area contributed by atoms with Crippen LogP contribution in [0.5, 0.6) is 0 Å². The summed E-state index contributed by atoms with van der Waals surface area (Å²) in [6.07, 6.45) is 0. The highest BCUT2D eigenvalue weighted by atomic mass is 79.9. The van der Waals surface area contributed by atoms with Crippen LogP contribution in [0.15, 0.2) is 58.1 Å². The highest BCUT2D eigenvalue weighted by Gasteiger charge is 2.04. The van der Waals surface area contributed by atoms with Crippen LogP contribution in [0.3, 0.4) is 0 Å². The van der Waals surface area contributed by atoms with E-state index in [1.165, 1.54) is 11.1 Å². The van der Waals surface area contributed by atoms with Crippen LogP contribution in [0.2, 0.25) is 0 Å². The maximum atomic E-state index is 11.9. The smallest absolute Gasteiger partial charge is 0.250 e. The first-order chi connectivity index (χ1) is 11.1. The predicted octanol–water partition coefficient (Wildman–Crippen LogP) is 4.53. The van der Waals surface area contributed by atoms with Crippen LogP contribution in [0.1, 0.15) is 23.6 Å². The van der Waals surface area contributed by atoms with E-state index in [2.05, 4.69) is 32.5 Å². The minimum atomic E-state index is -0.0893. The van der Waals surface area contributed by atoms with Crippen molar-refractivity contribution in [3.05, 3.63) is 69.7 Å². The zero-order valence-electron chi connectivity index (χ0n) is 13.2. The summed E-state index contributed by atoms with van der Waals surface area (Å²) in [4.78, 5) is 11.9. The van der Waals surface area contributed by atoms with Crippen LogP contribution >= 0.6 is 27.7 Å². The molecule has 2 aromatic carbocycles. The van der Waals surface area contributed by atoms with Crippen molar-refractivity contribution in [1.82, 2.24) is 5.43 Å². The maximum Gasteiger partial charge on any atom is 0.250 e. The average molecular weight is 391 g/mol. The summed E-state index contributed by atoms with van der Waals surface area (Å²) >= 11 is 5.08. The van der Waals surface area contributed by atoms with E-state index in [4.69, 9.17) is 0 Å². The van der Waals surface area contributed by atoms with Crippen molar-refractivity contribution in [2.45, 2.75) is 19.6 Å². The Balaban J connectivity index is 1.79. The Morgan fingerprint density at radius 3 is 2.57 bits per heavy atom. The first-order valence-corrected chi connectivity index (χ1v) is 9.22. The molecule has 0 saturated carbocycles. The number of carbonyl (C=O) groups is 1. The van der Waals surface area contributed by atoms with E-state index in [1.54, 1.807) is 11.8 Å². The van der Waals surface area contributed by atoms with Crippen molar-refractivity contribution >= 4 is 39.3 Å². The fraction of sp³-hybridized carbons (Fsp3) is 0.222. The van der Waals surface area contributed by atoms with Gasteiger partial charge in [-0.3, -0.25) is 4.79 Å². The fourth-order valence-corrected chi connectivity index (χ4v) is 3.34. The molecule has 0 aliphatic carbocycles. The second kappa shape index (κ2) is 8.89. The largest absolute Gasteiger partial charge is 0.272 e. The molecule has 0 aromatic heterocycles. The van der Waals surface area contributed by atoms with Crippen LogP contribution in [0, 0.1) is 6.92 Å². The second-order valence-corrected chi connectivity index (χ2v) is 7.02. The predicted molar refractivity (Wildman–Crippen MR) is 102 cm³/mol. The number of hydrogen-bond donors (Lipinski definition) is 1. The summed E-state index contributed by atoms with van der Waals surface area (Å²) in [5.74, 6) is 1.08. The minimum absolute atomic E-state index is 0.0893. The van der Waals surface area contributed by atoms with E-state index < -0.39 is 0 Å². The molecule has 1 N–H and O–H groups in total. The van der Waals surface area contributed by atoms with Gasteiger partial charge in [0.15, 0.2) is 0 Å². The summed E-state index contributed by atoms with van der Waals surface area (Å²) in [7, 11) is 0. The molecule has 0 saturated heterocycles. The number of hydrogen-bond acceptors (Lipinski definition) is 3. The molecule has 0 radical (unpaired) electrons. The van der Waals surface area contributed by atoms with Crippen molar-refractivity contribution < 1.29 is 4.79 Å². The van der Waals surface area contributed by atoms with Crippen LogP contribution in [-0.4, -0.2) is 17.4 Å². The number of nitrogens with one attached hydrogen (secondary N) is 1. The number of thioether (sulfide) groups is 1. The van der Waals surface area contributed by atoms with E-state index >= 15 is 0 Å². The molecular weight excluding hydrogens is 372 g/mol. The molecule has 2 aromatic rings. The lowest BCUT2D eigenvalue weighted by Gasteiger charge is -2.05. The van der Waals surface area contributed by atoms with Gasteiger partial charge < -0.3 is 0 Å². The third-order valence-corrected chi connectivity index (χ3v) is 5.02. The number of amides is 1. The van der Waals surface area contributed by atoms with Crippen molar-refractivity contribution in [3.8, 4) is 0 Å². The number of hydrazone groups is 1. The van der Waals surface area contributed by atoms with Gasteiger partial charge in [-0.05, 0) is 31.0 Å². The lowest BCUT2D eigenvalue weighted by atomic mass is 10.1. The van der Waals surface area contributed by atoms with Crippen LogP contribution in [-0.2, 0) is 10.5 Å². The van der Waals surface area contributed by atoms with Gasteiger partial charge in [0, 0.05) is 10.2 Å². The molecule has 0 heterocycles. The quantitative estimate of drug-likeness (QED) is 0.581. The first-order valence-electron chi connectivity index (χ1n) is 7.27. The number of rotatable bonds is 6. The van der Waals surface area contributed by atoms with Gasteiger partial charge in [-0.2, -0.15) is 5.10 Å². The molecule has 23 heavy (non-hydrogen) atoms. The normalized spacial score (nSPS) is 11.3. The van der Waals surface area contributed by atoms with Crippen molar-refractivity contribution in [2.24, 2.45) is 5.10 Å². The van der Waals surface area contributed by atoms with Crippen LogP contribution < -0.4 is 5.43 Å². The van der Waals surface area contributed by atoms with Gasteiger partial charge in [0.2, 0.25) is 5.91 Å². The van der Waals surface area contributed by atoms with Crippen LogP contribution in [0.4, 0.5) is 0 Å². The molecule has 0 spiro atoms. The molecule has 0 fully saturated rings. The summed E-state index contributed by atoms with van der Waals surface area (Å²) in [5, 5.41) is 4.16. The molecule has 0 atom stereocenters. The van der Waals surface area contributed by atoms with Gasteiger partial charge in [-0.15, -0.1) is 11.8 Å². The number of carbonyl (C=O) groups excluding carboxylic acids is 1. The molecular formula is C18H19BrN2OS. The van der Waals surface area contributed by atoms with E-state index in [0.717, 1.165) is 21.5 Å². The van der Waals surface area contributed by atoms with Crippen molar-refractivity contribution in [1.29, 1.82) is 0 Å². The van der Waals surface area contributed by atoms with E-state index in [0.29, 0.717) is 5.75 Å². The highest BCUT2D eigenvalue weighted by molar-refractivity contribution is 9.10. The fourth-order valence-electron chi connectivity index (χ4n) is 1.91. The molecule has 1 amide bonds. The lowest BCUT2D eigenvalue weighted by Crippen LogP contribution is -2.21. The van der Waals surface area contributed by atoms with E-state index in [-0.39, 0.29) is 5.91 Å². The molecule has 120 valence electrons. The molecule has 2 rings (SSSR count). The topological polar surface area (TPSA) is 41.5 Å². The Bertz CT molecular complexity index is 698. The number of benzene rings is 2. The molecule has 0 aliphatic heterocycles. The minimum Gasteiger partial charge on any atom is -0.272 e. The van der Waals surface area contributed by atoms with Gasteiger partial charge >= 0.3 is 0 Å². The molecule has 0 aliphatic rings. The Hall–Kier alpha value is -1.59. The first kappa shape index (κ1) is 17.8. The van der Waals surface area contributed by atoms with Crippen LogP contribution in [0.25, 0.3) is 0 Å². The number of halogens is 1. The maximum absolute atomic E-state index is 11.9. The molecule has 3 nitrogen and oxygen atoms in total. The monoisotopic (exact) mass is 390 g/mol. The molecule has 0 bridgehead atoms. The Kier molecular flexibility index (Phi) is 6.86. The third-order valence-electron chi connectivity index (χ3n) is 3.27. The lowest BCUT2D eigenvalue weighted by molar-refractivity contribution is -0.118. The Morgan fingerprint density at radius 2 is 1.87 bits per heavy atom. The van der Waals surface area contributed by atoms with Crippen molar-refractivity contribution in [3.63, 3.8) is 0 Å². The summed E-state index contributed by atoms with van der Waals surface area (Å²) in [6, 6.07) is 16.1.